The third kappa shape index (κ3) is 2.49. The molecule has 0 radical (unpaired) electrons. The van der Waals surface area contributed by atoms with Crippen LogP contribution in [0.2, 0.25) is 0 Å². The van der Waals surface area contributed by atoms with Crippen molar-refractivity contribution in [1.29, 1.82) is 0 Å². The van der Waals surface area contributed by atoms with E-state index in [2.05, 4.69) is 14.9 Å². The summed E-state index contributed by atoms with van der Waals surface area (Å²) in [5, 5.41) is 20.1. The molecule has 2 aliphatic rings. The van der Waals surface area contributed by atoms with Gasteiger partial charge in [0.15, 0.2) is 11.5 Å². The van der Waals surface area contributed by atoms with Crippen LogP contribution in [-0.2, 0) is 4.74 Å². The summed E-state index contributed by atoms with van der Waals surface area (Å²) in [6, 6.07) is 3.39. The van der Waals surface area contributed by atoms with Crippen molar-refractivity contribution in [3.05, 3.63) is 29.7 Å². The molecule has 1 saturated heterocycles. The molecule has 126 valence electrons. The summed E-state index contributed by atoms with van der Waals surface area (Å²) in [6.07, 6.45) is 2.07. The summed E-state index contributed by atoms with van der Waals surface area (Å²) in [6.45, 7) is 2.92. The molecule has 8 heteroatoms. The van der Waals surface area contributed by atoms with Crippen molar-refractivity contribution in [1.82, 2.24) is 9.88 Å². The molecule has 4 rings (SSSR count). The third-order valence-electron chi connectivity index (χ3n) is 4.46. The summed E-state index contributed by atoms with van der Waals surface area (Å²) >= 11 is 0. The second-order valence-electron chi connectivity index (χ2n) is 5.87. The van der Waals surface area contributed by atoms with E-state index in [4.69, 9.17) is 14.9 Å². The Morgan fingerprint density at radius 1 is 1.21 bits per heavy atom. The molecule has 3 heterocycles. The van der Waals surface area contributed by atoms with Gasteiger partial charge >= 0.3 is 0 Å². The van der Waals surface area contributed by atoms with Gasteiger partial charge in [-0.25, -0.2) is 4.99 Å². The Morgan fingerprint density at radius 2 is 2.00 bits per heavy atom. The number of hydrogen-bond donors (Lipinski definition) is 3. The van der Waals surface area contributed by atoms with Gasteiger partial charge in [0.2, 0.25) is 0 Å². The molecular weight excluding hydrogens is 312 g/mol. The van der Waals surface area contributed by atoms with E-state index in [0.29, 0.717) is 36.7 Å². The van der Waals surface area contributed by atoms with Crippen molar-refractivity contribution < 1.29 is 19.4 Å². The molecule has 0 bridgehead atoms. The van der Waals surface area contributed by atoms with E-state index in [1.54, 1.807) is 0 Å². The first kappa shape index (κ1) is 15.0. The lowest BCUT2D eigenvalue weighted by Gasteiger charge is -2.37. The summed E-state index contributed by atoms with van der Waals surface area (Å²) in [5.41, 5.74) is 8.02. The number of aromatic nitrogens is 1. The number of aliphatic imine (C=N–C) groups is 1. The monoisotopic (exact) mass is 330 g/mol. The van der Waals surface area contributed by atoms with Crippen molar-refractivity contribution in [2.24, 2.45) is 4.99 Å². The molecular formula is C16H18N4O4. The smallest absolute Gasteiger partial charge is 0.292 e. The topological polar surface area (TPSA) is 117 Å². The zero-order valence-corrected chi connectivity index (χ0v) is 13.0. The average molecular weight is 330 g/mol. The molecule has 4 N–H and O–H groups in total. The number of rotatable bonds is 2. The van der Waals surface area contributed by atoms with E-state index >= 15 is 0 Å². The number of fused-ring (bicyclic) bond motifs is 1. The van der Waals surface area contributed by atoms with Gasteiger partial charge in [-0.2, -0.15) is 4.98 Å². The van der Waals surface area contributed by atoms with E-state index in [9.17, 15) is 10.2 Å². The van der Waals surface area contributed by atoms with Gasteiger partial charge in [0.05, 0.1) is 18.9 Å². The van der Waals surface area contributed by atoms with Gasteiger partial charge in [-0.1, -0.05) is 6.07 Å². The quantitative estimate of drug-likeness (QED) is 0.715. The third-order valence-corrected chi connectivity index (χ3v) is 4.46. The van der Waals surface area contributed by atoms with Gasteiger partial charge in [0.1, 0.15) is 17.6 Å². The molecule has 0 saturated carbocycles. The molecule has 1 aromatic carbocycles. The molecule has 1 unspecified atom stereocenters. The zero-order chi connectivity index (χ0) is 16.7. The Bertz CT molecular complexity index is 795. The highest BCUT2D eigenvalue weighted by molar-refractivity contribution is 6.03. The predicted molar refractivity (Wildman–Crippen MR) is 86.6 cm³/mol. The van der Waals surface area contributed by atoms with Crippen LogP contribution in [0.1, 0.15) is 23.7 Å². The van der Waals surface area contributed by atoms with Gasteiger partial charge in [-0.05, 0) is 11.6 Å². The number of morpholine rings is 1. The number of nitrogens with zero attached hydrogens (tertiary/aromatic N) is 3. The van der Waals surface area contributed by atoms with Crippen LogP contribution in [0, 0.1) is 0 Å². The summed E-state index contributed by atoms with van der Waals surface area (Å²) in [4.78, 5) is 10.9. The standard InChI is InChI=1S/C16H18N4O4/c17-16-19-11(8-24-16)10-7-12(20-3-5-23-6-4-20)9-1-2-13(21)15(22)14(9)18-10/h1-2,8,12,21-22H,3-7H2,(H2,17,19). The van der Waals surface area contributed by atoms with Crippen LogP contribution in [0.25, 0.3) is 0 Å². The Balaban J connectivity index is 1.80. The van der Waals surface area contributed by atoms with Crippen molar-refractivity contribution in [2.45, 2.75) is 12.5 Å². The largest absolute Gasteiger partial charge is 0.504 e. The SMILES string of the molecule is Nc1nc(C2=Nc3c(ccc(O)c3O)C(N3CCOCC3)C2)co1. The molecule has 0 aliphatic carbocycles. The number of ether oxygens (including phenoxy) is 1. The highest BCUT2D eigenvalue weighted by Crippen LogP contribution is 2.46. The first-order valence-corrected chi connectivity index (χ1v) is 7.79. The fraction of sp³-hybridized carbons (Fsp3) is 0.375. The van der Waals surface area contributed by atoms with E-state index in [1.165, 1.54) is 12.3 Å². The second-order valence-corrected chi connectivity index (χ2v) is 5.87. The maximum absolute atomic E-state index is 10.3. The fourth-order valence-corrected chi connectivity index (χ4v) is 3.24. The lowest BCUT2D eigenvalue weighted by atomic mass is 9.92. The maximum Gasteiger partial charge on any atom is 0.292 e. The molecule has 24 heavy (non-hydrogen) atoms. The van der Waals surface area contributed by atoms with Gasteiger partial charge in [-0.3, -0.25) is 4.90 Å². The minimum absolute atomic E-state index is 0.0147. The van der Waals surface area contributed by atoms with E-state index in [0.717, 1.165) is 18.7 Å². The molecule has 1 aromatic heterocycles. The summed E-state index contributed by atoms with van der Waals surface area (Å²) in [7, 11) is 0. The van der Waals surface area contributed by atoms with Crippen molar-refractivity contribution in [3.63, 3.8) is 0 Å². The molecule has 1 fully saturated rings. The number of anilines is 1. The fourth-order valence-electron chi connectivity index (χ4n) is 3.24. The van der Waals surface area contributed by atoms with Crippen LogP contribution in [0.5, 0.6) is 11.5 Å². The first-order chi connectivity index (χ1) is 11.6. The number of hydrogen-bond acceptors (Lipinski definition) is 8. The average Bonchev–Trinajstić information content (AvgIpc) is 3.05. The lowest BCUT2D eigenvalue weighted by Crippen LogP contribution is -2.40. The lowest BCUT2D eigenvalue weighted by molar-refractivity contribution is 0.0173. The highest BCUT2D eigenvalue weighted by atomic mass is 16.5. The Kier molecular flexibility index (Phi) is 3.62. The second kappa shape index (κ2) is 5.81. The summed E-state index contributed by atoms with van der Waals surface area (Å²) in [5.74, 6) is -0.418. The van der Waals surface area contributed by atoms with E-state index < -0.39 is 0 Å². The zero-order valence-electron chi connectivity index (χ0n) is 13.0. The number of benzene rings is 1. The number of aromatic hydroxyl groups is 2. The number of nitrogen functional groups attached to an aromatic ring is 1. The van der Waals surface area contributed by atoms with E-state index in [-0.39, 0.29) is 23.6 Å². The van der Waals surface area contributed by atoms with Gasteiger partial charge in [0.25, 0.3) is 6.01 Å². The Morgan fingerprint density at radius 3 is 2.71 bits per heavy atom. The molecule has 2 aromatic rings. The number of oxazole rings is 1. The van der Waals surface area contributed by atoms with Crippen LogP contribution < -0.4 is 5.73 Å². The predicted octanol–water partition coefficient (Wildman–Crippen LogP) is 1.57. The van der Waals surface area contributed by atoms with Crippen molar-refractivity contribution in [3.8, 4) is 11.5 Å². The highest BCUT2D eigenvalue weighted by Gasteiger charge is 2.32. The van der Waals surface area contributed by atoms with Gasteiger partial charge < -0.3 is 25.1 Å². The normalized spacial score (nSPS) is 21.3. The van der Waals surface area contributed by atoms with Crippen LogP contribution in [0.4, 0.5) is 11.7 Å². The van der Waals surface area contributed by atoms with Crippen LogP contribution in [0.3, 0.4) is 0 Å². The Hall–Kier alpha value is -2.58. The van der Waals surface area contributed by atoms with Crippen LogP contribution in [-0.4, -0.2) is 52.1 Å². The number of phenolic OH excluding ortho intramolecular Hbond substituents is 2. The Labute approximate surface area is 138 Å². The number of nitrogens with two attached hydrogens (primary N) is 1. The maximum atomic E-state index is 10.3. The summed E-state index contributed by atoms with van der Waals surface area (Å²) < 4.78 is 10.5. The minimum Gasteiger partial charge on any atom is -0.504 e. The molecule has 0 spiro atoms. The molecule has 1 atom stereocenters. The van der Waals surface area contributed by atoms with Gasteiger partial charge in [0, 0.05) is 25.6 Å². The van der Waals surface area contributed by atoms with Crippen molar-refractivity contribution >= 4 is 17.4 Å². The molecule has 8 nitrogen and oxygen atoms in total. The molecule has 2 aliphatic heterocycles. The van der Waals surface area contributed by atoms with Crippen molar-refractivity contribution in [2.75, 3.05) is 32.0 Å². The first-order valence-electron chi connectivity index (χ1n) is 7.79. The van der Waals surface area contributed by atoms with E-state index in [1.807, 2.05) is 6.07 Å². The van der Waals surface area contributed by atoms with Gasteiger partial charge in [-0.15, -0.1) is 0 Å². The van der Waals surface area contributed by atoms with Crippen LogP contribution >= 0.6 is 0 Å². The number of phenols is 2. The minimum atomic E-state index is -0.223. The molecule has 0 amide bonds. The van der Waals surface area contributed by atoms with Crippen LogP contribution in [0.15, 0.2) is 27.8 Å².